The van der Waals surface area contributed by atoms with Crippen molar-refractivity contribution in [3.8, 4) is 11.5 Å². The highest BCUT2D eigenvalue weighted by atomic mass is 35.5. The van der Waals surface area contributed by atoms with Gasteiger partial charge < -0.3 is 15.8 Å². The van der Waals surface area contributed by atoms with Crippen LogP contribution in [0.25, 0.3) is 0 Å². The minimum absolute atomic E-state index is 0.0991. The van der Waals surface area contributed by atoms with Gasteiger partial charge in [0, 0.05) is 30.7 Å². The molecule has 3 aromatic heterocycles. The van der Waals surface area contributed by atoms with Crippen LogP contribution in [0.1, 0.15) is 12.6 Å². The molecule has 1 aromatic carbocycles. The number of nitrogen functional groups attached to an aromatic ring is 1. The quantitative estimate of drug-likeness (QED) is 0.426. The van der Waals surface area contributed by atoms with Crippen molar-refractivity contribution in [1.29, 1.82) is 0 Å². The van der Waals surface area contributed by atoms with Gasteiger partial charge in [-0.15, -0.1) is 0 Å². The van der Waals surface area contributed by atoms with Crippen molar-refractivity contribution < 1.29 is 4.74 Å². The Morgan fingerprint density at radius 2 is 1.82 bits per heavy atom. The molecule has 168 valence electrons. The Kier molecular flexibility index (Phi) is 6.36. The molecule has 33 heavy (non-hydrogen) atoms. The fraction of sp³-hybridized carbons (Fsp3) is 0.136. The lowest BCUT2D eigenvalue weighted by Crippen LogP contribution is -2.42. The molecule has 0 saturated carbocycles. The van der Waals surface area contributed by atoms with Crippen LogP contribution < -0.4 is 27.2 Å². The minimum atomic E-state index is -0.638. The number of hydrogen-bond acceptors (Lipinski definition) is 8. The van der Waals surface area contributed by atoms with Gasteiger partial charge in [-0.25, -0.2) is 19.1 Å². The topological polar surface area (TPSA) is 130 Å². The number of benzene rings is 1. The first-order valence-electron chi connectivity index (χ1n) is 10.0. The molecule has 0 aliphatic carbocycles. The monoisotopic (exact) mass is 465 g/mol. The zero-order chi connectivity index (χ0) is 23.4. The predicted molar refractivity (Wildman–Crippen MR) is 125 cm³/mol. The summed E-state index contributed by atoms with van der Waals surface area (Å²) in [6.45, 7) is 2.01. The second-order valence-electron chi connectivity index (χ2n) is 6.97. The standard InChI is InChI=1S/C22H20ClN7O3/c1-2-29-21(31)28-20(30(22(29)32)13-16-4-3-14(23)12-26-16)27-15-5-7-17(8-6-15)33-18-9-10-25-19(24)11-18/h3-12H,2,13H2,1H3,(H2,24,25)(H,27,28,31). The number of nitrogens with one attached hydrogen (secondary N) is 1. The number of aromatic nitrogens is 5. The van der Waals surface area contributed by atoms with Crippen molar-refractivity contribution in [2.75, 3.05) is 11.1 Å². The average Bonchev–Trinajstić information content (AvgIpc) is 2.79. The van der Waals surface area contributed by atoms with Crippen molar-refractivity contribution >= 4 is 29.1 Å². The molecule has 0 fully saturated rings. The van der Waals surface area contributed by atoms with Gasteiger partial charge in [-0.05, 0) is 49.4 Å². The zero-order valence-electron chi connectivity index (χ0n) is 17.6. The van der Waals surface area contributed by atoms with Gasteiger partial charge in [0.2, 0.25) is 5.95 Å². The second kappa shape index (κ2) is 9.53. The maximum absolute atomic E-state index is 12.9. The van der Waals surface area contributed by atoms with Crippen LogP contribution in [-0.2, 0) is 13.1 Å². The Bertz CT molecular complexity index is 1380. The number of ether oxygens (including phenoxy) is 1. The van der Waals surface area contributed by atoms with E-state index in [4.69, 9.17) is 22.1 Å². The molecule has 0 saturated heterocycles. The summed E-state index contributed by atoms with van der Waals surface area (Å²) in [5.74, 6) is 1.58. The highest BCUT2D eigenvalue weighted by Gasteiger charge is 2.14. The first-order valence-corrected chi connectivity index (χ1v) is 10.4. The molecular formula is C22H20ClN7O3. The summed E-state index contributed by atoms with van der Waals surface area (Å²) in [7, 11) is 0. The van der Waals surface area contributed by atoms with Gasteiger partial charge in [-0.3, -0.25) is 9.55 Å². The molecular weight excluding hydrogens is 446 g/mol. The van der Waals surface area contributed by atoms with Crippen LogP contribution in [0.4, 0.5) is 17.5 Å². The first kappa shape index (κ1) is 22.0. The lowest BCUT2D eigenvalue weighted by molar-refractivity contribution is 0.482. The number of halogens is 1. The highest BCUT2D eigenvalue weighted by molar-refractivity contribution is 6.30. The van der Waals surface area contributed by atoms with E-state index in [-0.39, 0.29) is 19.0 Å². The molecule has 0 aliphatic rings. The molecule has 3 N–H and O–H groups in total. The lowest BCUT2D eigenvalue weighted by atomic mass is 10.3. The van der Waals surface area contributed by atoms with Crippen molar-refractivity contribution in [3.63, 3.8) is 0 Å². The number of anilines is 3. The summed E-state index contributed by atoms with van der Waals surface area (Å²) in [5.41, 5.74) is 5.74. The third-order valence-electron chi connectivity index (χ3n) is 4.67. The van der Waals surface area contributed by atoms with Gasteiger partial charge >= 0.3 is 11.4 Å². The molecule has 0 atom stereocenters. The minimum Gasteiger partial charge on any atom is -0.457 e. The van der Waals surface area contributed by atoms with Crippen molar-refractivity contribution in [3.05, 3.63) is 92.6 Å². The molecule has 10 nitrogen and oxygen atoms in total. The Morgan fingerprint density at radius 1 is 1.03 bits per heavy atom. The molecule has 0 amide bonds. The van der Waals surface area contributed by atoms with E-state index in [1.165, 1.54) is 10.8 Å². The zero-order valence-corrected chi connectivity index (χ0v) is 18.4. The molecule has 3 heterocycles. The molecule has 0 bridgehead atoms. The van der Waals surface area contributed by atoms with Gasteiger partial charge in [0.05, 0.1) is 17.3 Å². The van der Waals surface area contributed by atoms with E-state index in [1.807, 2.05) is 0 Å². The summed E-state index contributed by atoms with van der Waals surface area (Å²) >= 11 is 5.90. The fourth-order valence-corrected chi connectivity index (χ4v) is 3.17. The van der Waals surface area contributed by atoms with Crippen LogP contribution in [0, 0.1) is 0 Å². The van der Waals surface area contributed by atoms with Crippen molar-refractivity contribution in [2.24, 2.45) is 0 Å². The summed E-state index contributed by atoms with van der Waals surface area (Å²) in [6.07, 6.45) is 3.05. The summed E-state index contributed by atoms with van der Waals surface area (Å²) in [4.78, 5) is 37.5. The molecule has 4 aromatic rings. The fourth-order valence-electron chi connectivity index (χ4n) is 3.06. The molecule has 0 unspecified atom stereocenters. The number of nitrogens with zero attached hydrogens (tertiary/aromatic N) is 5. The molecule has 0 spiro atoms. The van der Waals surface area contributed by atoms with Crippen LogP contribution in [0.15, 0.2) is 70.5 Å². The van der Waals surface area contributed by atoms with E-state index in [2.05, 4.69) is 20.3 Å². The van der Waals surface area contributed by atoms with Gasteiger partial charge in [-0.1, -0.05) is 11.6 Å². The molecule has 4 rings (SSSR count). The SMILES string of the molecule is CCn1c(=O)nc(Nc2ccc(Oc3ccnc(N)c3)cc2)n(Cc2ccc(Cl)cn2)c1=O. The Balaban J connectivity index is 1.62. The smallest absolute Gasteiger partial charge is 0.354 e. The van der Waals surface area contributed by atoms with E-state index in [0.29, 0.717) is 33.7 Å². The Labute approximate surface area is 193 Å². The third-order valence-corrected chi connectivity index (χ3v) is 4.90. The first-order chi connectivity index (χ1) is 15.9. The van der Waals surface area contributed by atoms with E-state index in [9.17, 15) is 9.59 Å². The highest BCUT2D eigenvalue weighted by Crippen LogP contribution is 2.24. The van der Waals surface area contributed by atoms with E-state index < -0.39 is 11.4 Å². The summed E-state index contributed by atoms with van der Waals surface area (Å²) in [6, 6.07) is 13.6. The Hall–Kier alpha value is -4.18. The normalized spacial score (nSPS) is 10.7. The van der Waals surface area contributed by atoms with Crippen LogP contribution in [0.3, 0.4) is 0 Å². The maximum atomic E-state index is 12.9. The number of nitrogens with two attached hydrogens (primary N) is 1. The van der Waals surface area contributed by atoms with Crippen LogP contribution in [0.2, 0.25) is 5.02 Å². The molecule has 0 aliphatic heterocycles. The maximum Gasteiger partial charge on any atom is 0.354 e. The summed E-state index contributed by atoms with van der Waals surface area (Å²) < 4.78 is 8.16. The van der Waals surface area contributed by atoms with E-state index in [0.717, 1.165) is 4.57 Å². The van der Waals surface area contributed by atoms with Crippen molar-refractivity contribution in [2.45, 2.75) is 20.0 Å². The van der Waals surface area contributed by atoms with Gasteiger partial charge in [0.15, 0.2) is 0 Å². The number of rotatable bonds is 7. The Morgan fingerprint density at radius 3 is 2.48 bits per heavy atom. The summed E-state index contributed by atoms with van der Waals surface area (Å²) in [5, 5.41) is 3.52. The molecule has 11 heteroatoms. The third kappa shape index (κ3) is 5.18. The number of pyridine rings is 2. The van der Waals surface area contributed by atoms with E-state index >= 15 is 0 Å². The van der Waals surface area contributed by atoms with Crippen LogP contribution >= 0.6 is 11.6 Å². The largest absolute Gasteiger partial charge is 0.457 e. The van der Waals surface area contributed by atoms with E-state index in [1.54, 1.807) is 61.7 Å². The van der Waals surface area contributed by atoms with Crippen molar-refractivity contribution in [1.82, 2.24) is 24.1 Å². The van der Waals surface area contributed by atoms with Crippen LogP contribution in [0.5, 0.6) is 11.5 Å². The van der Waals surface area contributed by atoms with Gasteiger partial charge in [0.25, 0.3) is 0 Å². The molecule has 0 radical (unpaired) electrons. The predicted octanol–water partition coefficient (Wildman–Crippen LogP) is 3.03. The second-order valence-corrected chi connectivity index (χ2v) is 7.40. The van der Waals surface area contributed by atoms with Gasteiger partial charge in [-0.2, -0.15) is 4.98 Å². The van der Waals surface area contributed by atoms with Crippen LogP contribution in [-0.4, -0.2) is 24.1 Å². The average molecular weight is 466 g/mol. The van der Waals surface area contributed by atoms with Gasteiger partial charge in [0.1, 0.15) is 17.3 Å². The lowest BCUT2D eigenvalue weighted by Gasteiger charge is -2.15. The number of hydrogen-bond donors (Lipinski definition) is 2.